The first-order chi connectivity index (χ1) is 6.92. The van der Waals surface area contributed by atoms with Gasteiger partial charge in [-0.15, -0.1) is 0 Å². The summed E-state index contributed by atoms with van der Waals surface area (Å²) in [6.07, 6.45) is 6.46. The Morgan fingerprint density at radius 3 is 2.86 bits per heavy atom. The van der Waals surface area contributed by atoms with Gasteiger partial charge >= 0.3 is 0 Å². The van der Waals surface area contributed by atoms with Crippen molar-refractivity contribution in [1.29, 1.82) is 0 Å². The molecule has 1 saturated heterocycles. The third kappa shape index (κ3) is 1.85. The van der Waals surface area contributed by atoms with Crippen LogP contribution in [0.15, 0.2) is 18.6 Å². The van der Waals surface area contributed by atoms with Crippen LogP contribution < -0.4 is 10.2 Å². The molecule has 1 fully saturated rings. The van der Waals surface area contributed by atoms with Gasteiger partial charge < -0.3 is 10.2 Å². The minimum Gasteiger partial charge on any atom is -0.350 e. The zero-order valence-corrected chi connectivity index (χ0v) is 8.48. The summed E-state index contributed by atoms with van der Waals surface area (Å²) < 4.78 is 0. The molecule has 0 saturated carbocycles. The Hall–Kier alpha value is -1.16. The van der Waals surface area contributed by atoms with Crippen molar-refractivity contribution in [1.82, 2.24) is 15.3 Å². The fourth-order valence-corrected chi connectivity index (χ4v) is 1.66. The van der Waals surface area contributed by atoms with Crippen LogP contribution in [0.25, 0.3) is 0 Å². The van der Waals surface area contributed by atoms with Gasteiger partial charge in [0.25, 0.3) is 0 Å². The second-order valence-electron chi connectivity index (χ2n) is 3.57. The Bertz CT molecular complexity index is 271. The van der Waals surface area contributed by atoms with E-state index in [2.05, 4.69) is 27.1 Å². The van der Waals surface area contributed by atoms with Crippen LogP contribution in [0, 0.1) is 0 Å². The predicted molar refractivity (Wildman–Crippen MR) is 56.3 cm³/mol. The van der Waals surface area contributed by atoms with Crippen molar-refractivity contribution in [3.05, 3.63) is 18.6 Å². The molecular weight excluding hydrogens is 176 g/mol. The van der Waals surface area contributed by atoms with E-state index >= 15 is 0 Å². The van der Waals surface area contributed by atoms with Crippen LogP contribution in [0.3, 0.4) is 0 Å². The molecule has 1 N–H and O–H groups in total. The molecule has 4 heteroatoms. The maximum atomic E-state index is 4.34. The molecule has 0 bridgehead atoms. The minimum atomic E-state index is 0.603. The molecule has 14 heavy (non-hydrogen) atoms. The van der Waals surface area contributed by atoms with Crippen molar-refractivity contribution < 1.29 is 0 Å². The molecule has 0 atom stereocenters. The Morgan fingerprint density at radius 1 is 1.50 bits per heavy atom. The molecular formula is C10H16N4. The molecule has 76 valence electrons. The average Bonchev–Trinajstić information content (AvgIpc) is 2.16. The highest BCUT2D eigenvalue weighted by Crippen LogP contribution is 2.14. The summed E-state index contributed by atoms with van der Waals surface area (Å²) >= 11 is 0. The molecule has 0 unspecified atom stereocenters. The van der Waals surface area contributed by atoms with Gasteiger partial charge in [0.1, 0.15) is 5.82 Å². The summed E-state index contributed by atoms with van der Waals surface area (Å²) in [6.45, 7) is 5.38. The van der Waals surface area contributed by atoms with Crippen LogP contribution in [0.5, 0.6) is 0 Å². The Morgan fingerprint density at radius 2 is 2.36 bits per heavy atom. The zero-order valence-electron chi connectivity index (χ0n) is 8.48. The number of hydrogen-bond acceptors (Lipinski definition) is 4. The summed E-state index contributed by atoms with van der Waals surface area (Å²) in [7, 11) is 0. The van der Waals surface area contributed by atoms with E-state index in [1.54, 1.807) is 12.4 Å². The fourth-order valence-electron chi connectivity index (χ4n) is 1.66. The van der Waals surface area contributed by atoms with E-state index in [9.17, 15) is 0 Å². The van der Waals surface area contributed by atoms with E-state index < -0.39 is 0 Å². The van der Waals surface area contributed by atoms with Crippen LogP contribution in [0.4, 0.5) is 5.82 Å². The summed E-state index contributed by atoms with van der Waals surface area (Å²) in [4.78, 5) is 10.8. The van der Waals surface area contributed by atoms with Crippen LogP contribution in [-0.2, 0) is 0 Å². The van der Waals surface area contributed by atoms with Crippen molar-refractivity contribution in [3.8, 4) is 0 Å². The highest BCUT2D eigenvalue weighted by Gasteiger charge is 2.24. The van der Waals surface area contributed by atoms with Crippen LogP contribution >= 0.6 is 0 Å². The summed E-state index contributed by atoms with van der Waals surface area (Å²) in [5.74, 6) is 1.00. The second-order valence-corrected chi connectivity index (χ2v) is 3.57. The van der Waals surface area contributed by atoms with E-state index in [0.717, 1.165) is 31.9 Å². The molecule has 1 aromatic rings. The molecule has 0 amide bonds. The molecule has 1 aliphatic rings. The van der Waals surface area contributed by atoms with Gasteiger partial charge in [-0.2, -0.15) is 0 Å². The SMILES string of the molecule is CCCN(c1cnccn1)C1CNC1. The van der Waals surface area contributed by atoms with E-state index in [0.29, 0.717) is 6.04 Å². The lowest BCUT2D eigenvalue weighted by atomic mass is 10.1. The van der Waals surface area contributed by atoms with Crippen LogP contribution in [-0.4, -0.2) is 35.6 Å². The first kappa shape index (κ1) is 9.40. The molecule has 2 rings (SSSR count). The average molecular weight is 192 g/mol. The van der Waals surface area contributed by atoms with Gasteiger partial charge in [0.2, 0.25) is 0 Å². The first-order valence-electron chi connectivity index (χ1n) is 5.15. The van der Waals surface area contributed by atoms with Crippen LogP contribution in [0.2, 0.25) is 0 Å². The maximum absolute atomic E-state index is 4.34. The maximum Gasteiger partial charge on any atom is 0.147 e. The highest BCUT2D eigenvalue weighted by molar-refractivity contribution is 5.37. The summed E-state index contributed by atoms with van der Waals surface area (Å²) in [6, 6.07) is 0.603. The lowest BCUT2D eigenvalue weighted by Gasteiger charge is -2.38. The van der Waals surface area contributed by atoms with Gasteiger partial charge in [0.15, 0.2) is 0 Å². The van der Waals surface area contributed by atoms with Crippen molar-refractivity contribution in [2.75, 3.05) is 24.5 Å². The van der Waals surface area contributed by atoms with Gasteiger partial charge in [-0.1, -0.05) is 6.92 Å². The first-order valence-corrected chi connectivity index (χ1v) is 5.15. The number of nitrogens with one attached hydrogen (secondary N) is 1. The highest BCUT2D eigenvalue weighted by atomic mass is 15.3. The normalized spacial score (nSPS) is 16.4. The van der Waals surface area contributed by atoms with Gasteiger partial charge in [-0.05, 0) is 6.42 Å². The van der Waals surface area contributed by atoms with Crippen molar-refractivity contribution in [3.63, 3.8) is 0 Å². The van der Waals surface area contributed by atoms with E-state index in [-0.39, 0.29) is 0 Å². The van der Waals surface area contributed by atoms with Crippen molar-refractivity contribution in [2.24, 2.45) is 0 Å². The zero-order chi connectivity index (χ0) is 9.80. The molecule has 4 nitrogen and oxygen atoms in total. The summed E-state index contributed by atoms with van der Waals surface area (Å²) in [5.41, 5.74) is 0. The van der Waals surface area contributed by atoms with Crippen molar-refractivity contribution in [2.45, 2.75) is 19.4 Å². The quantitative estimate of drug-likeness (QED) is 0.761. The van der Waals surface area contributed by atoms with Crippen molar-refractivity contribution >= 4 is 5.82 Å². The Kier molecular flexibility index (Phi) is 2.93. The van der Waals surface area contributed by atoms with Gasteiger partial charge in [-0.25, -0.2) is 4.98 Å². The van der Waals surface area contributed by atoms with Crippen LogP contribution in [0.1, 0.15) is 13.3 Å². The topological polar surface area (TPSA) is 41.1 Å². The van der Waals surface area contributed by atoms with E-state index in [1.807, 2.05) is 6.20 Å². The fraction of sp³-hybridized carbons (Fsp3) is 0.600. The lowest BCUT2D eigenvalue weighted by Crippen LogP contribution is -2.57. The second kappa shape index (κ2) is 4.37. The number of hydrogen-bond donors (Lipinski definition) is 1. The monoisotopic (exact) mass is 192 g/mol. The van der Waals surface area contributed by atoms with E-state index in [1.165, 1.54) is 0 Å². The third-order valence-corrected chi connectivity index (χ3v) is 2.51. The largest absolute Gasteiger partial charge is 0.350 e. The molecule has 1 aromatic heterocycles. The minimum absolute atomic E-state index is 0.603. The standard InChI is InChI=1S/C10H16N4/c1-2-5-14(9-6-12-7-9)10-8-11-3-4-13-10/h3-4,8-9,12H,2,5-7H2,1H3. The lowest BCUT2D eigenvalue weighted by molar-refractivity contribution is 0.410. The number of nitrogens with zero attached hydrogens (tertiary/aromatic N) is 3. The number of rotatable bonds is 4. The smallest absolute Gasteiger partial charge is 0.147 e. The van der Waals surface area contributed by atoms with E-state index in [4.69, 9.17) is 0 Å². The number of aromatic nitrogens is 2. The van der Waals surface area contributed by atoms with Gasteiger partial charge in [-0.3, -0.25) is 4.98 Å². The van der Waals surface area contributed by atoms with Gasteiger partial charge in [0.05, 0.1) is 12.2 Å². The molecule has 2 heterocycles. The third-order valence-electron chi connectivity index (χ3n) is 2.51. The molecule has 0 spiro atoms. The Balaban J connectivity index is 2.09. The van der Waals surface area contributed by atoms with Gasteiger partial charge in [0, 0.05) is 32.0 Å². The Labute approximate surface area is 84.4 Å². The number of anilines is 1. The molecule has 0 radical (unpaired) electrons. The predicted octanol–water partition coefficient (Wildman–Crippen LogP) is 0.665. The molecule has 0 aliphatic carbocycles. The molecule has 0 aromatic carbocycles. The summed E-state index contributed by atoms with van der Waals surface area (Å²) in [5, 5.41) is 3.28. The molecule has 1 aliphatic heterocycles.